The van der Waals surface area contributed by atoms with E-state index in [-0.39, 0.29) is 0 Å². The summed E-state index contributed by atoms with van der Waals surface area (Å²) in [5.41, 5.74) is 6.82. The summed E-state index contributed by atoms with van der Waals surface area (Å²) in [6, 6.07) is 2.54. The molecule has 2 N–H and O–H groups in total. The molecule has 1 aliphatic carbocycles. The molecule has 1 fully saturated rings. The Morgan fingerprint density at radius 2 is 2.25 bits per heavy atom. The van der Waals surface area contributed by atoms with Crippen molar-refractivity contribution >= 4 is 0 Å². The van der Waals surface area contributed by atoms with Gasteiger partial charge in [-0.2, -0.15) is 0 Å². The van der Waals surface area contributed by atoms with E-state index in [9.17, 15) is 0 Å². The van der Waals surface area contributed by atoms with Crippen LogP contribution in [0.25, 0.3) is 0 Å². The van der Waals surface area contributed by atoms with Gasteiger partial charge in [0.2, 0.25) is 0 Å². The van der Waals surface area contributed by atoms with E-state index < -0.39 is 0 Å². The first-order valence-corrected chi connectivity index (χ1v) is 6.20. The van der Waals surface area contributed by atoms with Crippen LogP contribution in [-0.2, 0) is 13.1 Å². The maximum atomic E-state index is 5.68. The van der Waals surface area contributed by atoms with Crippen LogP contribution in [0.5, 0.6) is 0 Å². The number of rotatable bonds is 6. The van der Waals surface area contributed by atoms with E-state index in [1.165, 1.54) is 19.4 Å². The standard InChI is InChI=1S/C13H22N2O/c1-10(2)15(8-11-3-4-11)9-13-12(7-14)5-6-16-13/h5-6,10-11H,3-4,7-9,14H2,1-2H3. The van der Waals surface area contributed by atoms with Crippen molar-refractivity contribution in [3.05, 3.63) is 23.7 Å². The number of hydrogen-bond acceptors (Lipinski definition) is 3. The van der Waals surface area contributed by atoms with Crippen LogP contribution < -0.4 is 5.73 Å². The summed E-state index contributed by atoms with van der Waals surface area (Å²) in [5.74, 6) is 1.95. The minimum Gasteiger partial charge on any atom is -0.468 e. The van der Waals surface area contributed by atoms with Gasteiger partial charge in [-0.05, 0) is 38.7 Å². The molecule has 0 amide bonds. The maximum absolute atomic E-state index is 5.68. The van der Waals surface area contributed by atoms with Gasteiger partial charge in [0.1, 0.15) is 5.76 Å². The zero-order chi connectivity index (χ0) is 11.5. The van der Waals surface area contributed by atoms with Crippen molar-refractivity contribution in [1.82, 2.24) is 4.90 Å². The van der Waals surface area contributed by atoms with Gasteiger partial charge in [0.25, 0.3) is 0 Å². The van der Waals surface area contributed by atoms with Crippen molar-refractivity contribution in [2.45, 2.75) is 45.8 Å². The lowest BCUT2D eigenvalue weighted by molar-refractivity contribution is 0.187. The Labute approximate surface area is 97.6 Å². The molecule has 0 unspecified atom stereocenters. The van der Waals surface area contributed by atoms with Gasteiger partial charge in [-0.3, -0.25) is 4.90 Å². The summed E-state index contributed by atoms with van der Waals surface area (Å²) in [7, 11) is 0. The molecule has 0 aromatic carbocycles. The largest absolute Gasteiger partial charge is 0.468 e. The molecule has 3 heteroatoms. The fraction of sp³-hybridized carbons (Fsp3) is 0.692. The van der Waals surface area contributed by atoms with Crippen LogP contribution in [0.2, 0.25) is 0 Å². The van der Waals surface area contributed by atoms with Crippen molar-refractivity contribution < 1.29 is 4.42 Å². The first kappa shape index (κ1) is 11.7. The minimum atomic E-state index is 0.566. The van der Waals surface area contributed by atoms with E-state index in [1.54, 1.807) is 6.26 Å². The second kappa shape index (κ2) is 5.02. The third-order valence-corrected chi connectivity index (χ3v) is 3.32. The fourth-order valence-electron chi connectivity index (χ4n) is 1.96. The molecule has 1 saturated carbocycles. The van der Waals surface area contributed by atoms with Crippen molar-refractivity contribution in [2.24, 2.45) is 11.7 Å². The molecule has 0 saturated heterocycles. The Kier molecular flexibility index (Phi) is 3.66. The second-order valence-corrected chi connectivity index (χ2v) is 5.04. The minimum absolute atomic E-state index is 0.566. The van der Waals surface area contributed by atoms with Crippen molar-refractivity contribution in [3.63, 3.8) is 0 Å². The monoisotopic (exact) mass is 222 g/mol. The molecule has 0 radical (unpaired) electrons. The van der Waals surface area contributed by atoms with Gasteiger partial charge in [0, 0.05) is 24.7 Å². The van der Waals surface area contributed by atoms with Crippen LogP contribution in [0.3, 0.4) is 0 Å². The Morgan fingerprint density at radius 3 is 2.81 bits per heavy atom. The molecule has 1 heterocycles. The van der Waals surface area contributed by atoms with Gasteiger partial charge < -0.3 is 10.2 Å². The molecule has 16 heavy (non-hydrogen) atoms. The summed E-state index contributed by atoms with van der Waals surface area (Å²) in [6.07, 6.45) is 4.53. The molecule has 2 rings (SSSR count). The van der Waals surface area contributed by atoms with Crippen molar-refractivity contribution in [3.8, 4) is 0 Å². The van der Waals surface area contributed by atoms with E-state index in [2.05, 4.69) is 18.7 Å². The molecule has 1 aromatic rings. The summed E-state index contributed by atoms with van der Waals surface area (Å²) in [5, 5.41) is 0. The Morgan fingerprint density at radius 1 is 1.50 bits per heavy atom. The zero-order valence-corrected chi connectivity index (χ0v) is 10.3. The predicted octanol–water partition coefficient (Wildman–Crippen LogP) is 2.36. The lowest BCUT2D eigenvalue weighted by atomic mass is 10.2. The Bertz CT molecular complexity index is 328. The quantitative estimate of drug-likeness (QED) is 0.803. The van der Waals surface area contributed by atoms with Crippen LogP contribution >= 0.6 is 0 Å². The molecule has 3 nitrogen and oxygen atoms in total. The number of furan rings is 1. The third kappa shape index (κ3) is 2.86. The number of hydrogen-bond donors (Lipinski definition) is 1. The highest BCUT2D eigenvalue weighted by Gasteiger charge is 2.26. The molecule has 1 aromatic heterocycles. The van der Waals surface area contributed by atoms with Crippen LogP contribution in [0.4, 0.5) is 0 Å². The van der Waals surface area contributed by atoms with E-state index in [4.69, 9.17) is 10.2 Å². The first-order valence-electron chi connectivity index (χ1n) is 6.20. The smallest absolute Gasteiger partial charge is 0.122 e. The van der Waals surface area contributed by atoms with E-state index in [0.717, 1.165) is 23.8 Å². The van der Waals surface area contributed by atoms with Crippen LogP contribution in [0.1, 0.15) is 38.0 Å². The number of nitrogens with two attached hydrogens (primary N) is 1. The van der Waals surface area contributed by atoms with E-state index in [1.807, 2.05) is 6.07 Å². The lowest BCUT2D eigenvalue weighted by Gasteiger charge is -2.25. The SMILES string of the molecule is CC(C)N(Cc1occc1CN)CC1CC1. The second-order valence-electron chi connectivity index (χ2n) is 5.04. The molecule has 0 spiro atoms. The van der Waals surface area contributed by atoms with Gasteiger partial charge >= 0.3 is 0 Å². The number of nitrogens with zero attached hydrogens (tertiary/aromatic N) is 1. The average Bonchev–Trinajstić information content (AvgIpc) is 2.95. The molecule has 1 aliphatic rings. The topological polar surface area (TPSA) is 42.4 Å². The molecule has 90 valence electrons. The van der Waals surface area contributed by atoms with Crippen molar-refractivity contribution in [1.29, 1.82) is 0 Å². The summed E-state index contributed by atoms with van der Waals surface area (Å²) >= 11 is 0. The van der Waals surface area contributed by atoms with Crippen LogP contribution in [0.15, 0.2) is 16.7 Å². The molecule has 0 aliphatic heterocycles. The molecular weight excluding hydrogens is 200 g/mol. The zero-order valence-electron chi connectivity index (χ0n) is 10.3. The van der Waals surface area contributed by atoms with E-state index in [0.29, 0.717) is 12.6 Å². The van der Waals surface area contributed by atoms with Crippen LogP contribution in [-0.4, -0.2) is 17.5 Å². The van der Waals surface area contributed by atoms with Gasteiger partial charge in [0.05, 0.1) is 12.8 Å². The Balaban J connectivity index is 1.98. The molecular formula is C13H22N2O. The lowest BCUT2D eigenvalue weighted by Crippen LogP contribution is -2.32. The third-order valence-electron chi connectivity index (χ3n) is 3.32. The highest BCUT2D eigenvalue weighted by molar-refractivity contribution is 5.16. The van der Waals surface area contributed by atoms with Gasteiger partial charge in [0.15, 0.2) is 0 Å². The predicted molar refractivity (Wildman–Crippen MR) is 64.9 cm³/mol. The van der Waals surface area contributed by atoms with Gasteiger partial charge in [-0.15, -0.1) is 0 Å². The van der Waals surface area contributed by atoms with Gasteiger partial charge in [-0.25, -0.2) is 0 Å². The van der Waals surface area contributed by atoms with Crippen LogP contribution in [0, 0.1) is 5.92 Å². The average molecular weight is 222 g/mol. The maximum Gasteiger partial charge on any atom is 0.122 e. The van der Waals surface area contributed by atoms with E-state index >= 15 is 0 Å². The highest BCUT2D eigenvalue weighted by Crippen LogP contribution is 2.31. The fourth-order valence-corrected chi connectivity index (χ4v) is 1.96. The molecule has 0 bridgehead atoms. The summed E-state index contributed by atoms with van der Waals surface area (Å²) < 4.78 is 5.52. The van der Waals surface area contributed by atoms with Crippen molar-refractivity contribution in [2.75, 3.05) is 6.54 Å². The highest BCUT2D eigenvalue weighted by atomic mass is 16.3. The Hall–Kier alpha value is -0.800. The summed E-state index contributed by atoms with van der Waals surface area (Å²) in [6.45, 7) is 7.15. The van der Waals surface area contributed by atoms with Gasteiger partial charge in [-0.1, -0.05) is 0 Å². The summed E-state index contributed by atoms with van der Waals surface area (Å²) in [4.78, 5) is 2.48. The molecule has 0 atom stereocenters. The normalized spacial score (nSPS) is 16.3. The first-order chi connectivity index (χ1) is 7.70.